The van der Waals surface area contributed by atoms with Crippen molar-refractivity contribution in [3.8, 4) is 33.4 Å². The van der Waals surface area contributed by atoms with Crippen LogP contribution in [0.4, 0.5) is 17.6 Å². The quantitative estimate of drug-likeness (QED) is 0.240. The molecule has 0 aromatic heterocycles. The molecular weight excluding hydrogens is 436 g/mol. The topological polar surface area (TPSA) is 0 Å². The summed E-state index contributed by atoms with van der Waals surface area (Å²) in [6.07, 6.45) is 3.11. The fourth-order valence-corrected chi connectivity index (χ4v) is 4.26. The van der Waals surface area contributed by atoms with Crippen LogP contribution in [-0.2, 0) is 12.8 Å². The lowest BCUT2D eigenvalue weighted by atomic mass is 9.95. The molecule has 0 aliphatic carbocycles. The van der Waals surface area contributed by atoms with Crippen molar-refractivity contribution in [2.75, 3.05) is 0 Å². The minimum absolute atomic E-state index is 0.0619. The first-order valence-corrected chi connectivity index (χ1v) is 11.6. The molecule has 0 amide bonds. The van der Waals surface area contributed by atoms with Gasteiger partial charge in [0, 0.05) is 5.56 Å². The summed E-state index contributed by atoms with van der Waals surface area (Å²) < 4.78 is 58.8. The molecule has 34 heavy (non-hydrogen) atoms. The summed E-state index contributed by atoms with van der Waals surface area (Å²) in [7, 11) is 0. The molecule has 4 aromatic rings. The third kappa shape index (κ3) is 4.77. The highest BCUT2D eigenvalue weighted by Gasteiger charge is 2.16. The van der Waals surface area contributed by atoms with Gasteiger partial charge < -0.3 is 0 Å². The van der Waals surface area contributed by atoms with Crippen LogP contribution in [0.2, 0.25) is 0 Å². The van der Waals surface area contributed by atoms with E-state index < -0.39 is 23.3 Å². The van der Waals surface area contributed by atoms with Gasteiger partial charge in [0.25, 0.3) is 0 Å². The van der Waals surface area contributed by atoms with Gasteiger partial charge in [-0.3, -0.25) is 0 Å². The molecule has 4 aromatic carbocycles. The Morgan fingerprint density at radius 3 is 1.68 bits per heavy atom. The molecule has 0 nitrogen and oxygen atoms in total. The molecule has 0 saturated carbocycles. The largest absolute Gasteiger partial charge is 0.206 e. The Balaban J connectivity index is 1.63. The van der Waals surface area contributed by atoms with Gasteiger partial charge in [0.15, 0.2) is 11.6 Å². The molecule has 174 valence electrons. The summed E-state index contributed by atoms with van der Waals surface area (Å²) in [6.45, 7) is 3.99. The summed E-state index contributed by atoms with van der Waals surface area (Å²) in [5.41, 5.74) is 3.50. The number of benzene rings is 4. The molecule has 0 aliphatic rings. The van der Waals surface area contributed by atoms with Crippen LogP contribution in [0.5, 0.6) is 0 Å². The Kier molecular flexibility index (Phi) is 7.16. The van der Waals surface area contributed by atoms with Crippen LogP contribution < -0.4 is 0 Å². The van der Waals surface area contributed by atoms with Crippen molar-refractivity contribution in [2.24, 2.45) is 0 Å². The highest BCUT2D eigenvalue weighted by Crippen LogP contribution is 2.33. The van der Waals surface area contributed by atoms with Crippen molar-refractivity contribution >= 4 is 0 Å². The van der Waals surface area contributed by atoms with E-state index >= 15 is 0 Å². The number of hydrogen-bond acceptors (Lipinski definition) is 0. The highest BCUT2D eigenvalue weighted by atomic mass is 19.2. The summed E-state index contributed by atoms with van der Waals surface area (Å²) in [5.74, 6) is -3.01. The van der Waals surface area contributed by atoms with Gasteiger partial charge in [-0.1, -0.05) is 87.4 Å². The van der Waals surface area contributed by atoms with E-state index in [1.807, 2.05) is 19.1 Å². The lowest BCUT2D eigenvalue weighted by Crippen LogP contribution is -1.97. The van der Waals surface area contributed by atoms with Crippen LogP contribution in [-0.4, -0.2) is 0 Å². The van der Waals surface area contributed by atoms with E-state index in [1.54, 1.807) is 48.5 Å². The molecule has 0 bridgehead atoms. The second-order valence-electron chi connectivity index (χ2n) is 8.49. The third-order valence-electron chi connectivity index (χ3n) is 6.03. The van der Waals surface area contributed by atoms with Gasteiger partial charge in [0.2, 0.25) is 0 Å². The van der Waals surface area contributed by atoms with Gasteiger partial charge >= 0.3 is 0 Å². The lowest BCUT2D eigenvalue weighted by Gasteiger charge is -2.11. The fraction of sp³-hybridized carbons (Fsp3) is 0.200. The lowest BCUT2D eigenvalue weighted by molar-refractivity contribution is 0.500. The summed E-state index contributed by atoms with van der Waals surface area (Å²) in [6, 6.07) is 19.6. The smallest absolute Gasteiger partial charge is 0.166 e. The van der Waals surface area contributed by atoms with E-state index in [0.717, 1.165) is 24.8 Å². The Bertz CT molecular complexity index is 1270. The molecule has 0 aliphatic heterocycles. The summed E-state index contributed by atoms with van der Waals surface area (Å²) in [5, 5.41) is 0. The molecule has 4 heteroatoms. The average Bonchev–Trinajstić information content (AvgIpc) is 2.83. The molecule has 4 rings (SSSR count). The van der Waals surface area contributed by atoms with Crippen molar-refractivity contribution in [2.45, 2.75) is 39.5 Å². The minimum Gasteiger partial charge on any atom is -0.206 e. The Hall–Kier alpha value is -3.40. The van der Waals surface area contributed by atoms with E-state index in [9.17, 15) is 17.6 Å². The first-order valence-electron chi connectivity index (χ1n) is 11.6. The van der Waals surface area contributed by atoms with Crippen LogP contribution in [0.1, 0.15) is 37.8 Å². The van der Waals surface area contributed by atoms with Crippen molar-refractivity contribution in [1.82, 2.24) is 0 Å². The van der Waals surface area contributed by atoms with Crippen molar-refractivity contribution in [3.05, 3.63) is 107 Å². The van der Waals surface area contributed by atoms with E-state index in [0.29, 0.717) is 34.2 Å². The van der Waals surface area contributed by atoms with Gasteiger partial charge in [-0.15, -0.1) is 0 Å². The number of rotatable bonds is 7. The van der Waals surface area contributed by atoms with E-state index in [4.69, 9.17) is 0 Å². The Morgan fingerprint density at radius 2 is 1.09 bits per heavy atom. The van der Waals surface area contributed by atoms with Gasteiger partial charge in [-0.05, 0) is 58.4 Å². The van der Waals surface area contributed by atoms with Gasteiger partial charge in [-0.2, -0.15) is 0 Å². The van der Waals surface area contributed by atoms with Crippen LogP contribution in [0, 0.1) is 23.3 Å². The molecule has 0 N–H and O–H groups in total. The van der Waals surface area contributed by atoms with Crippen molar-refractivity contribution in [1.29, 1.82) is 0 Å². The standard InChI is InChI=1S/C30H26F4/c1-3-5-19-7-9-22(10-8-19)28-26(31)17-24(18-27(28)32)20-11-13-21(14-12-20)25-16-15-23(6-4-2)29(33)30(25)34/h7-18H,3-6H2,1-2H3. The van der Waals surface area contributed by atoms with E-state index in [2.05, 4.69) is 6.92 Å². The fourth-order valence-electron chi connectivity index (χ4n) is 4.26. The summed E-state index contributed by atoms with van der Waals surface area (Å²) >= 11 is 0. The molecule has 0 saturated heterocycles. The first-order chi connectivity index (χ1) is 16.4. The SMILES string of the molecule is CCCc1ccc(-c2c(F)cc(-c3ccc(-c4ccc(CCC)c(F)c4F)cc3)cc2F)cc1. The zero-order valence-electron chi connectivity index (χ0n) is 19.3. The number of aryl methyl sites for hydroxylation is 2. The zero-order chi connectivity index (χ0) is 24.2. The molecule has 0 fully saturated rings. The van der Waals surface area contributed by atoms with Gasteiger partial charge in [0.05, 0.1) is 5.56 Å². The molecule has 0 radical (unpaired) electrons. The predicted molar refractivity (Wildman–Crippen MR) is 131 cm³/mol. The van der Waals surface area contributed by atoms with Gasteiger partial charge in [0.1, 0.15) is 11.6 Å². The third-order valence-corrected chi connectivity index (χ3v) is 6.03. The van der Waals surface area contributed by atoms with E-state index in [-0.39, 0.29) is 11.1 Å². The zero-order valence-corrected chi connectivity index (χ0v) is 19.3. The molecule has 0 spiro atoms. The second kappa shape index (κ2) is 10.3. The van der Waals surface area contributed by atoms with Gasteiger partial charge in [-0.25, -0.2) is 17.6 Å². The molecular formula is C30H26F4. The van der Waals surface area contributed by atoms with Crippen LogP contribution in [0.25, 0.3) is 33.4 Å². The van der Waals surface area contributed by atoms with Crippen LogP contribution >= 0.6 is 0 Å². The van der Waals surface area contributed by atoms with Crippen molar-refractivity contribution < 1.29 is 17.6 Å². The molecule has 0 unspecified atom stereocenters. The molecule has 0 atom stereocenters. The van der Waals surface area contributed by atoms with E-state index in [1.165, 1.54) is 12.1 Å². The normalized spacial score (nSPS) is 11.1. The highest BCUT2D eigenvalue weighted by molar-refractivity contribution is 5.74. The maximum absolute atomic E-state index is 14.9. The Labute approximate surface area is 197 Å². The monoisotopic (exact) mass is 462 g/mol. The van der Waals surface area contributed by atoms with Crippen molar-refractivity contribution in [3.63, 3.8) is 0 Å². The van der Waals surface area contributed by atoms with Crippen LogP contribution in [0.15, 0.2) is 72.8 Å². The maximum Gasteiger partial charge on any atom is 0.166 e. The maximum atomic E-state index is 14.9. The van der Waals surface area contributed by atoms with Crippen LogP contribution in [0.3, 0.4) is 0 Å². The Morgan fingerprint density at radius 1 is 0.529 bits per heavy atom. The minimum atomic E-state index is -0.884. The second-order valence-corrected chi connectivity index (χ2v) is 8.49. The molecule has 0 heterocycles. The first kappa shape index (κ1) is 23.7. The average molecular weight is 463 g/mol. The number of halogens is 4. The number of hydrogen-bond donors (Lipinski definition) is 0. The predicted octanol–water partition coefficient (Wildman–Crippen LogP) is 9.15. The summed E-state index contributed by atoms with van der Waals surface area (Å²) in [4.78, 5) is 0.